The summed E-state index contributed by atoms with van der Waals surface area (Å²) in [7, 11) is 0. The summed E-state index contributed by atoms with van der Waals surface area (Å²) < 4.78 is 1.56. The average Bonchev–Trinajstić information content (AvgIpc) is 3.11. The number of hydrogen-bond donors (Lipinski definition) is 2. The lowest BCUT2D eigenvalue weighted by Crippen LogP contribution is -2.29. The van der Waals surface area contributed by atoms with Crippen LogP contribution in [0.15, 0.2) is 42.6 Å². The number of rotatable bonds is 5. The van der Waals surface area contributed by atoms with Crippen molar-refractivity contribution in [3.05, 3.63) is 42.6 Å². The highest BCUT2D eigenvalue weighted by atomic mass is 16.2. The maximum Gasteiger partial charge on any atom is 0.319 e. The molecule has 0 atom stereocenters. The van der Waals surface area contributed by atoms with E-state index >= 15 is 0 Å². The van der Waals surface area contributed by atoms with Gasteiger partial charge in [0.1, 0.15) is 12.7 Å². The van der Waals surface area contributed by atoms with E-state index in [1.165, 1.54) is 31.2 Å². The van der Waals surface area contributed by atoms with E-state index in [4.69, 9.17) is 0 Å². The minimum absolute atomic E-state index is 0.211. The SMILES string of the molecule is O=C(NCCC1=CCCCC1)Nc1ccc(-n2cncn2)nc1. The van der Waals surface area contributed by atoms with E-state index in [2.05, 4.69) is 31.8 Å². The van der Waals surface area contributed by atoms with Crippen molar-refractivity contribution in [1.29, 1.82) is 0 Å². The minimum Gasteiger partial charge on any atom is -0.338 e. The van der Waals surface area contributed by atoms with Crippen LogP contribution in [0.5, 0.6) is 0 Å². The second kappa shape index (κ2) is 7.53. The first-order valence-corrected chi connectivity index (χ1v) is 7.85. The van der Waals surface area contributed by atoms with Gasteiger partial charge in [-0.25, -0.2) is 19.4 Å². The van der Waals surface area contributed by atoms with Gasteiger partial charge in [0, 0.05) is 6.54 Å². The molecule has 2 aromatic heterocycles. The molecule has 120 valence electrons. The number of allylic oxidation sites excluding steroid dienone is 1. The van der Waals surface area contributed by atoms with Crippen molar-refractivity contribution in [2.24, 2.45) is 0 Å². The standard InChI is InChI=1S/C16H20N6O/c23-16(18-9-8-13-4-2-1-3-5-13)21-14-6-7-15(19-10-14)22-12-17-11-20-22/h4,6-7,10-12H,1-3,5,8-9H2,(H2,18,21,23). The molecule has 0 radical (unpaired) electrons. The molecule has 0 aliphatic heterocycles. The molecule has 2 N–H and O–H groups in total. The topological polar surface area (TPSA) is 84.7 Å². The van der Waals surface area contributed by atoms with Gasteiger partial charge in [0.2, 0.25) is 0 Å². The van der Waals surface area contributed by atoms with Crippen molar-refractivity contribution in [1.82, 2.24) is 25.1 Å². The van der Waals surface area contributed by atoms with Gasteiger partial charge in [0.15, 0.2) is 5.82 Å². The fourth-order valence-electron chi connectivity index (χ4n) is 2.57. The third kappa shape index (κ3) is 4.38. The molecule has 0 aromatic carbocycles. The number of anilines is 1. The zero-order chi connectivity index (χ0) is 15.9. The lowest BCUT2D eigenvalue weighted by molar-refractivity contribution is 0.252. The molecule has 0 saturated carbocycles. The molecule has 2 aromatic rings. The highest BCUT2D eigenvalue weighted by molar-refractivity contribution is 5.89. The van der Waals surface area contributed by atoms with Gasteiger partial charge in [0.25, 0.3) is 0 Å². The molecule has 2 amide bonds. The van der Waals surface area contributed by atoms with Gasteiger partial charge in [-0.3, -0.25) is 0 Å². The largest absolute Gasteiger partial charge is 0.338 e. The first kappa shape index (κ1) is 15.2. The third-order valence-electron chi connectivity index (χ3n) is 3.78. The number of amides is 2. The maximum absolute atomic E-state index is 11.9. The molecule has 0 unspecified atom stereocenters. The molecule has 0 saturated heterocycles. The van der Waals surface area contributed by atoms with Crippen LogP contribution in [0.3, 0.4) is 0 Å². The van der Waals surface area contributed by atoms with Crippen LogP contribution in [-0.4, -0.2) is 32.3 Å². The monoisotopic (exact) mass is 312 g/mol. The van der Waals surface area contributed by atoms with Crippen molar-refractivity contribution in [3.8, 4) is 5.82 Å². The van der Waals surface area contributed by atoms with Crippen molar-refractivity contribution < 1.29 is 4.79 Å². The van der Waals surface area contributed by atoms with E-state index < -0.39 is 0 Å². The average molecular weight is 312 g/mol. The molecule has 0 spiro atoms. The molecule has 3 rings (SSSR count). The number of urea groups is 1. The van der Waals surface area contributed by atoms with Crippen LogP contribution in [0.25, 0.3) is 5.82 Å². The van der Waals surface area contributed by atoms with Crippen LogP contribution in [0.4, 0.5) is 10.5 Å². The number of carbonyl (C=O) groups excluding carboxylic acids is 1. The van der Waals surface area contributed by atoms with Crippen LogP contribution in [-0.2, 0) is 0 Å². The normalized spacial score (nSPS) is 14.2. The van der Waals surface area contributed by atoms with Crippen LogP contribution in [0.1, 0.15) is 32.1 Å². The van der Waals surface area contributed by atoms with E-state index in [-0.39, 0.29) is 6.03 Å². The Balaban J connectivity index is 1.45. The highest BCUT2D eigenvalue weighted by Gasteiger charge is 2.06. The van der Waals surface area contributed by atoms with Crippen LogP contribution < -0.4 is 10.6 Å². The summed E-state index contributed by atoms with van der Waals surface area (Å²) in [6, 6.07) is 3.35. The van der Waals surface area contributed by atoms with E-state index in [9.17, 15) is 4.79 Å². The Hall–Kier alpha value is -2.70. The summed E-state index contributed by atoms with van der Waals surface area (Å²) in [5.74, 6) is 0.651. The van der Waals surface area contributed by atoms with Gasteiger partial charge >= 0.3 is 6.03 Å². The first-order chi connectivity index (χ1) is 11.3. The molecule has 1 aliphatic rings. The van der Waals surface area contributed by atoms with E-state index in [0.29, 0.717) is 18.1 Å². The van der Waals surface area contributed by atoms with Crippen LogP contribution in [0, 0.1) is 0 Å². The highest BCUT2D eigenvalue weighted by Crippen LogP contribution is 2.19. The molecule has 1 aliphatic carbocycles. The van der Waals surface area contributed by atoms with Crippen LogP contribution >= 0.6 is 0 Å². The Kier molecular flexibility index (Phi) is 4.98. The van der Waals surface area contributed by atoms with E-state index in [1.54, 1.807) is 29.3 Å². The predicted octanol–water partition coefficient (Wildman–Crippen LogP) is 2.67. The Bertz CT molecular complexity index is 662. The molecule has 7 heteroatoms. The zero-order valence-electron chi connectivity index (χ0n) is 12.9. The summed E-state index contributed by atoms with van der Waals surface area (Å²) in [5.41, 5.74) is 2.10. The second-order valence-corrected chi connectivity index (χ2v) is 5.48. The molecular formula is C16H20N6O. The van der Waals surface area contributed by atoms with E-state index in [1.807, 2.05) is 0 Å². The van der Waals surface area contributed by atoms with Gasteiger partial charge in [-0.05, 0) is 44.2 Å². The van der Waals surface area contributed by atoms with Gasteiger partial charge in [0.05, 0.1) is 11.9 Å². The summed E-state index contributed by atoms with van der Waals surface area (Å²) >= 11 is 0. The fourth-order valence-corrected chi connectivity index (χ4v) is 2.57. The fraction of sp³-hybridized carbons (Fsp3) is 0.375. The van der Waals surface area contributed by atoms with Gasteiger partial charge < -0.3 is 10.6 Å². The lowest BCUT2D eigenvalue weighted by Gasteiger charge is -2.13. The number of pyridine rings is 1. The Labute approximate surface area is 134 Å². The van der Waals surface area contributed by atoms with Gasteiger partial charge in [-0.2, -0.15) is 5.10 Å². The quantitative estimate of drug-likeness (QED) is 0.831. The number of nitrogens with one attached hydrogen (secondary N) is 2. The number of hydrogen-bond acceptors (Lipinski definition) is 4. The number of carbonyl (C=O) groups is 1. The third-order valence-corrected chi connectivity index (χ3v) is 3.78. The Morgan fingerprint density at radius 1 is 1.30 bits per heavy atom. The molecule has 7 nitrogen and oxygen atoms in total. The van der Waals surface area contributed by atoms with Gasteiger partial charge in [-0.15, -0.1) is 0 Å². The summed E-state index contributed by atoms with van der Waals surface area (Å²) in [4.78, 5) is 20.0. The minimum atomic E-state index is -0.211. The lowest BCUT2D eigenvalue weighted by atomic mass is 9.97. The van der Waals surface area contributed by atoms with Gasteiger partial charge in [-0.1, -0.05) is 11.6 Å². The van der Waals surface area contributed by atoms with Crippen molar-refractivity contribution in [2.75, 3.05) is 11.9 Å². The van der Waals surface area contributed by atoms with E-state index in [0.717, 1.165) is 12.8 Å². The number of aromatic nitrogens is 4. The second-order valence-electron chi connectivity index (χ2n) is 5.48. The van der Waals surface area contributed by atoms with Crippen molar-refractivity contribution in [3.63, 3.8) is 0 Å². The molecular weight excluding hydrogens is 292 g/mol. The predicted molar refractivity (Wildman–Crippen MR) is 87.3 cm³/mol. The van der Waals surface area contributed by atoms with Crippen molar-refractivity contribution >= 4 is 11.7 Å². The van der Waals surface area contributed by atoms with Crippen LogP contribution in [0.2, 0.25) is 0 Å². The Morgan fingerprint density at radius 2 is 2.26 bits per heavy atom. The first-order valence-electron chi connectivity index (χ1n) is 7.85. The summed E-state index contributed by atoms with van der Waals surface area (Å²) in [6.07, 6.45) is 12.7. The molecule has 23 heavy (non-hydrogen) atoms. The zero-order valence-corrected chi connectivity index (χ0v) is 12.9. The molecule has 0 fully saturated rings. The maximum atomic E-state index is 11.9. The summed E-state index contributed by atoms with van der Waals surface area (Å²) in [5, 5.41) is 9.65. The molecule has 0 bridgehead atoms. The summed E-state index contributed by atoms with van der Waals surface area (Å²) in [6.45, 7) is 0.655. The number of nitrogens with zero attached hydrogens (tertiary/aromatic N) is 4. The van der Waals surface area contributed by atoms with Crippen molar-refractivity contribution in [2.45, 2.75) is 32.1 Å². The molecule has 2 heterocycles. The Morgan fingerprint density at radius 3 is 2.96 bits per heavy atom. The smallest absolute Gasteiger partial charge is 0.319 e.